The number of amides is 2. The van der Waals surface area contributed by atoms with Crippen LogP contribution in [0.25, 0.3) is 11.4 Å². The first-order valence-electron chi connectivity index (χ1n) is 11.4. The van der Waals surface area contributed by atoms with Crippen molar-refractivity contribution < 1.29 is 14.0 Å². The molecule has 0 unspecified atom stereocenters. The fourth-order valence-electron chi connectivity index (χ4n) is 4.30. The fourth-order valence-corrected chi connectivity index (χ4v) is 4.30. The highest BCUT2D eigenvalue weighted by atomic mass is 19.1. The monoisotopic (exact) mass is 465 g/mol. The number of nitrogens with zero attached hydrogens (tertiary/aromatic N) is 5. The van der Waals surface area contributed by atoms with E-state index in [9.17, 15) is 14.0 Å². The van der Waals surface area contributed by atoms with Crippen molar-refractivity contribution in [2.45, 2.75) is 52.6 Å². The number of tetrazole rings is 1. The minimum absolute atomic E-state index is 0.0352. The largest absolute Gasteiger partial charge is 0.369 e. The van der Waals surface area contributed by atoms with E-state index in [-0.39, 0.29) is 35.8 Å². The van der Waals surface area contributed by atoms with Crippen LogP contribution >= 0.6 is 0 Å². The summed E-state index contributed by atoms with van der Waals surface area (Å²) in [7, 11) is 0. The molecule has 1 aliphatic rings. The molecule has 9 nitrogen and oxygen atoms in total. The lowest BCUT2D eigenvalue weighted by Gasteiger charge is -2.25. The average molecular weight is 466 g/mol. The molecule has 0 atom stereocenters. The number of aryl methyl sites for hydroxylation is 2. The molecule has 2 amide bonds. The van der Waals surface area contributed by atoms with Crippen LogP contribution < -0.4 is 11.1 Å². The van der Waals surface area contributed by atoms with E-state index in [2.05, 4.69) is 25.7 Å². The second-order valence-electron chi connectivity index (χ2n) is 8.94. The summed E-state index contributed by atoms with van der Waals surface area (Å²) in [6, 6.07) is 8.17. The van der Waals surface area contributed by atoms with Crippen LogP contribution in [0.15, 0.2) is 30.3 Å². The minimum Gasteiger partial charge on any atom is -0.369 e. The minimum atomic E-state index is -0.342. The Labute approximate surface area is 197 Å². The fraction of sp³-hybridized carbons (Fsp3) is 0.417. The molecule has 1 aromatic carbocycles. The predicted molar refractivity (Wildman–Crippen MR) is 123 cm³/mol. The van der Waals surface area contributed by atoms with Gasteiger partial charge in [-0.25, -0.2) is 9.37 Å². The van der Waals surface area contributed by atoms with E-state index in [0.717, 1.165) is 31.2 Å². The van der Waals surface area contributed by atoms with E-state index in [0.29, 0.717) is 35.1 Å². The van der Waals surface area contributed by atoms with Gasteiger partial charge in [-0.2, -0.15) is 4.80 Å². The smallest absolute Gasteiger partial charge is 0.270 e. The normalized spacial score (nSPS) is 18.0. The van der Waals surface area contributed by atoms with E-state index in [1.807, 2.05) is 0 Å². The molecule has 0 bridgehead atoms. The Bertz CT molecular complexity index is 1200. The third-order valence-corrected chi connectivity index (χ3v) is 6.24. The number of halogens is 1. The maximum Gasteiger partial charge on any atom is 0.270 e. The van der Waals surface area contributed by atoms with E-state index in [1.54, 1.807) is 42.9 Å². The first-order chi connectivity index (χ1) is 16.3. The van der Waals surface area contributed by atoms with Crippen molar-refractivity contribution in [1.29, 1.82) is 0 Å². The van der Waals surface area contributed by atoms with Crippen LogP contribution in [0.3, 0.4) is 0 Å². The molecule has 34 heavy (non-hydrogen) atoms. The first-order valence-corrected chi connectivity index (χ1v) is 11.4. The van der Waals surface area contributed by atoms with Gasteiger partial charge < -0.3 is 11.1 Å². The number of hydrogen-bond acceptors (Lipinski definition) is 6. The van der Waals surface area contributed by atoms with Gasteiger partial charge in [0.2, 0.25) is 11.7 Å². The van der Waals surface area contributed by atoms with Crippen molar-refractivity contribution in [2.75, 3.05) is 0 Å². The van der Waals surface area contributed by atoms with Crippen LogP contribution in [0.4, 0.5) is 4.39 Å². The Morgan fingerprint density at radius 1 is 1.15 bits per heavy atom. The highest BCUT2D eigenvalue weighted by Crippen LogP contribution is 2.29. The number of primary amides is 1. The third kappa shape index (κ3) is 5.62. The zero-order chi connectivity index (χ0) is 24.2. The van der Waals surface area contributed by atoms with Gasteiger partial charge in [0.05, 0.1) is 6.54 Å². The summed E-state index contributed by atoms with van der Waals surface area (Å²) in [5.41, 5.74) is 8.29. The summed E-state index contributed by atoms with van der Waals surface area (Å²) in [6.07, 6.45) is 3.38. The zero-order valence-corrected chi connectivity index (χ0v) is 19.3. The van der Waals surface area contributed by atoms with Gasteiger partial charge in [-0.15, -0.1) is 10.2 Å². The Kier molecular flexibility index (Phi) is 6.95. The van der Waals surface area contributed by atoms with Crippen molar-refractivity contribution in [3.8, 4) is 11.4 Å². The van der Waals surface area contributed by atoms with E-state index in [1.165, 1.54) is 6.07 Å². The number of pyridine rings is 1. The van der Waals surface area contributed by atoms with Crippen LogP contribution in [0.1, 0.15) is 53.0 Å². The molecule has 0 saturated heterocycles. The van der Waals surface area contributed by atoms with Gasteiger partial charge in [-0.3, -0.25) is 9.59 Å². The van der Waals surface area contributed by atoms with E-state index in [4.69, 9.17) is 5.73 Å². The summed E-state index contributed by atoms with van der Waals surface area (Å²) in [4.78, 5) is 30.0. The Hall–Kier alpha value is -3.69. The van der Waals surface area contributed by atoms with Crippen LogP contribution in [0, 0.1) is 31.5 Å². The maximum atomic E-state index is 13.5. The highest BCUT2D eigenvalue weighted by Gasteiger charge is 2.25. The lowest BCUT2D eigenvalue weighted by Crippen LogP contribution is -2.29. The molecular formula is C24H28FN7O2. The van der Waals surface area contributed by atoms with Crippen LogP contribution in [0.2, 0.25) is 0 Å². The van der Waals surface area contributed by atoms with Crippen LogP contribution in [-0.2, 0) is 17.9 Å². The van der Waals surface area contributed by atoms with Gasteiger partial charge in [0.25, 0.3) is 5.91 Å². The first kappa shape index (κ1) is 23.5. The molecule has 3 N–H and O–H groups in total. The standard InChI is InChI=1S/C24H28FN7O2/c1-14-9-17(5-8-20(14)25)12-27-24(34)21-11-19(10-15(2)28-21)23-29-31-32(30-23)13-16-3-6-18(7-4-16)22(26)33/h5,8-11,16,18H,3-4,6-7,12-13H2,1-2H3,(H2,26,33)(H,27,34)/t16-,18-. The van der Waals surface area contributed by atoms with Gasteiger partial charge in [-0.1, -0.05) is 12.1 Å². The van der Waals surface area contributed by atoms with Crippen molar-refractivity contribution in [3.63, 3.8) is 0 Å². The van der Waals surface area contributed by atoms with Crippen molar-refractivity contribution in [2.24, 2.45) is 17.6 Å². The molecule has 2 aromatic heterocycles. The van der Waals surface area contributed by atoms with Gasteiger partial charge in [-0.05, 0) is 80.0 Å². The molecule has 0 radical (unpaired) electrons. The number of carbonyl (C=O) groups is 2. The van der Waals surface area contributed by atoms with Crippen LogP contribution in [-0.4, -0.2) is 37.0 Å². The number of benzene rings is 1. The quantitative estimate of drug-likeness (QED) is 0.552. The average Bonchev–Trinajstić information content (AvgIpc) is 3.28. The Morgan fingerprint density at radius 2 is 1.91 bits per heavy atom. The maximum absolute atomic E-state index is 13.5. The molecule has 1 aliphatic carbocycles. The van der Waals surface area contributed by atoms with Gasteiger partial charge in [0.1, 0.15) is 11.5 Å². The molecule has 178 valence electrons. The molecular weight excluding hydrogens is 437 g/mol. The van der Waals surface area contributed by atoms with Gasteiger partial charge >= 0.3 is 0 Å². The SMILES string of the molecule is Cc1cc(-c2nnn(C[C@H]3CC[C@H](C(N)=O)CC3)n2)cc(C(=O)NCc2ccc(F)c(C)c2)n1. The van der Waals surface area contributed by atoms with E-state index < -0.39 is 0 Å². The Balaban J connectivity index is 1.41. The molecule has 1 saturated carbocycles. The Morgan fingerprint density at radius 3 is 2.62 bits per heavy atom. The van der Waals surface area contributed by atoms with Crippen molar-refractivity contribution in [1.82, 2.24) is 30.5 Å². The molecule has 1 fully saturated rings. The summed E-state index contributed by atoms with van der Waals surface area (Å²) >= 11 is 0. The highest BCUT2D eigenvalue weighted by molar-refractivity contribution is 5.93. The van der Waals surface area contributed by atoms with Gasteiger partial charge in [0.15, 0.2) is 0 Å². The van der Waals surface area contributed by atoms with Crippen molar-refractivity contribution >= 4 is 11.8 Å². The topological polar surface area (TPSA) is 129 Å². The predicted octanol–water partition coefficient (Wildman–Crippen LogP) is 2.71. The molecule has 3 aromatic rings. The molecule has 2 heterocycles. The lowest BCUT2D eigenvalue weighted by molar-refractivity contribution is -0.123. The third-order valence-electron chi connectivity index (χ3n) is 6.24. The number of hydrogen-bond donors (Lipinski definition) is 2. The number of nitrogens with two attached hydrogens (primary N) is 1. The molecule has 4 rings (SSSR count). The summed E-state index contributed by atoms with van der Waals surface area (Å²) in [5.74, 6) is -0.0930. The number of aromatic nitrogens is 5. The summed E-state index contributed by atoms with van der Waals surface area (Å²) < 4.78 is 13.5. The van der Waals surface area contributed by atoms with E-state index >= 15 is 0 Å². The lowest BCUT2D eigenvalue weighted by atomic mass is 9.82. The zero-order valence-electron chi connectivity index (χ0n) is 19.3. The molecule has 10 heteroatoms. The number of rotatable bonds is 7. The van der Waals surface area contributed by atoms with Gasteiger partial charge in [0, 0.05) is 23.7 Å². The molecule has 0 spiro atoms. The number of carbonyl (C=O) groups excluding carboxylic acids is 2. The van der Waals surface area contributed by atoms with Crippen LogP contribution in [0.5, 0.6) is 0 Å². The summed E-state index contributed by atoms with van der Waals surface area (Å²) in [5, 5.41) is 15.6. The molecule has 0 aliphatic heterocycles. The second-order valence-corrected chi connectivity index (χ2v) is 8.94. The second kappa shape index (κ2) is 10.1. The van der Waals surface area contributed by atoms with Crippen molar-refractivity contribution in [3.05, 3.63) is 58.7 Å². The number of nitrogens with one attached hydrogen (secondary N) is 1. The summed E-state index contributed by atoms with van der Waals surface area (Å²) in [6.45, 7) is 4.36.